The van der Waals surface area contributed by atoms with Crippen molar-refractivity contribution in [3.8, 4) is 12.0 Å². The Labute approximate surface area is 82.9 Å². The molecule has 0 radical (unpaired) electrons. The highest BCUT2D eigenvalue weighted by Gasteiger charge is 2.20. The average Bonchev–Trinajstić information content (AvgIpc) is 2.07. The summed E-state index contributed by atoms with van der Waals surface area (Å²) in [6.07, 6.45) is 3.46. The molecular formula is C7H3BrClN3. The summed E-state index contributed by atoms with van der Waals surface area (Å²) >= 11 is 9.03. The summed E-state index contributed by atoms with van der Waals surface area (Å²) in [5, 5.41) is 6.09. The van der Waals surface area contributed by atoms with Gasteiger partial charge in [-0.2, -0.15) is 10.1 Å². The highest BCUT2D eigenvalue weighted by Crippen LogP contribution is 2.16. The van der Waals surface area contributed by atoms with E-state index in [0.717, 1.165) is 0 Å². The molecular weight excluding hydrogens is 241 g/mol. The number of halogens is 2. The van der Waals surface area contributed by atoms with Crippen LogP contribution < -0.4 is 0 Å². The first-order valence-electron chi connectivity index (χ1n) is 3.21. The van der Waals surface area contributed by atoms with E-state index in [9.17, 15) is 0 Å². The average molecular weight is 244 g/mol. The fourth-order valence-electron chi connectivity index (χ4n) is 0.866. The van der Waals surface area contributed by atoms with E-state index < -0.39 is 0 Å². The number of hydrazone groups is 1. The molecule has 0 spiro atoms. The Morgan fingerprint density at radius 1 is 1.58 bits per heavy atom. The Morgan fingerprint density at radius 2 is 2.42 bits per heavy atom. The number of nitrogens with zero attached hydrogens (tertiary/aromatic N) is 3. The Hall–Kier alpha value is -0.790. The van der Waals surface area contributed by atoms with Gasteiger partial charge in [-0.3, -0.25) is 0 Å². The third kappa shape index (κ3) is 1.26. The molecule has 0 bridgehead atoms. The third-order valence-electron chi connectivity index (χ3n) is 1.38. The Morgan fingerprint density at radius 3 is 3.25 bits per heavy atom. The quantitative estimate of drug-likeness (QED) is 0.361. The topological polar surface area (TPSA) is 28.0 Å². The van der Waals surface area contributed by atoms with E-state index in [1.807, 2.05) is 0 Å². The van der Waals surface area contributed by atoms with Crippen molar-refractivity contribution >= 4 is 38.5 Å². The summed E-state index contributed by atoms with van der Waals surface area (Å²) in [6.45, 7) is 0. The highest BCUT2D eigenvalue weighted by atomic mass is 79.9. The summed E-state index contributed by atoms with van der Waals surface area (Å²) in [5.74, 6) is 3.52. The first kappa shape index (κ1) is 7.84. The molecule has 5 heteroatoms. The number of allylic oxidation sites excluding steroid dienone is 1. The van der Waals surface area contributed by atoms with Gasteiger partial charge in [0.1, 0.15) is 5.17 Å². The minimum Gasteiger partial charge on any atom is -0.219 e. The first-order chi connectivity index (χ1) is 5.77. The molecule has 0 aromatic carbocycles. The van der Waals surface area contributed by atoms with Crippen LogP contribution in [0.15, 0.2) is 22.2 Å². The van der Waals surface area contributed by atoms with E-state index in [-0.39, 0.29) is 4.95 Å². The molecule has 0 saturated heterocycles. The van der Waals surface area contributed by atoms with Crippen LogP contribution in [0.4, 0.5) is 0 Å². The lowest BCUT2D eigenvalue weighted by Gasteiger charge is -2.24. The zero-order valence-corrected chi connectivity index (χ0v) is 8.17. The summed E-state index contributed by atoms with van der Waals surface area (Å²) in [5.41, 5.74) is 0. The van der Waals surface area contributed by atoms with Gasteiger partial charge in [0.25, 0.3) is 0 Å². The number of amidine groups is 1. The molecule has 12 heavy (non-hydrogen) atoms. The van der Waals surface area contributed by atoms with Crippen LogP contribution in [0.2, 0.25) is 0 Å². The van der Waals surface area contributed by atoms with E-state index in [0.29, 0.717) is 11.0 Å². The van der Waals surface area contributed by atoms with Crippen LogP contribution in [-0.4, -0.2) is 21.0 Å². The minimum absolute atomic E-state index is 0.135. The van der Waals surface area contributed by atoms with E-state index in [1.54, 1.807) is 17.2 Å². The van der Waals surface area contributed by atoms with Gasteiger partial charge in [0.15, 0.2) is 10.8 Å². The Balaban J connectivity index is 2.40. The maximum Gasteiger partial charge on any atom is 0.171 e. The second kappa shape index (κ2) is 2.92. The molecule has 60 valence electrons. The molecule has 2 aliphatic rings. The normalized spacial score (nSPS) is 25.2. The molecule has 1 atom stereocenters. The van der Waals surface area contributed by atoms with Crippen molar-refractivity contribution in [2.45, 2.75) is 4.95 Å². The van der Waals surface area contributed by atoms with Gasteiger partial charge in [0.2, 0.25) is 0 Å². The fraction of sp³-hybridized carbons (Fsp3) is 0.143. The summed E-state index contributed by atoms with van der Waals surface area (Å²) in [7, 11) is 0. The number of rotatable bonds is 0. The molecule has 0 saturated carbocycles. The lowest BCUT2D eigenvalue weighted by atomic mass is 10.4. The van der Waals surface area contributed by atoms with E-state index in [4.69, 9.17) is 11.6 Å². The monoisotopic (exact) mass is 243 g/mol. The molecule has 3 nitrogen and oxygen atoms in total. The predicted octanol–water partition coefficient (Wildman–Crippen LogP) is 1.50. The number of hydrogen-bond donors (Lipinski definition) is 0. The molecule has 1 unspecified atom stereocenters. The number of alkyl halides is 1. The molecule has 2 aliphatic heterocycles. The third-order valence-corrected chi connectivity index (χ3v) is 2.20. The van der Waals surface area contributed by atoms with Crippen LogP contribution in [0.25, 0.3) is 0 Å². The van der Waals surface area contributed by atoms with E-state index >= 15 is 0 Å². The van der Waals surface area contributed by atoms with E-state index in [2.05, 4.69) is 38.0 Å². The molecule has 2 rings (SSSR count). The maximum absolute atomic E-state index is 5.70. The summed E-state index contributed by atoms with van der Waals surface area (Å²) in [6, 6.07) is 2.63. The number of fused-ring (bicyclic) bond motifs is 1. The van der Waals surface area contributed by atoms with Gasteiger partial charge in [-0.05, 0) is 34.0 Å². The largest absolute Gasteiger partial charge is 0.219 e. The molecule has 0 fully saturated rings. The molecule has 0 amide bonds. The fourth-order valence-corrected chi connectivity index (χ4v) is 1.41. The molecule has 0 aromatic rings. The van der Waals surface area contributed by atoms with Gasteiger partial charge >= 0.3 is 0 Å². The standard InChI is InChI=1S/C7H3BrClN3/c8-5-3-4-10-7-2-1-6(9)11-12(5)7/h1-2,5H. The van der Waals surface area contributed by atoms with Crippen molar-refractivity contribution in [2.24, 2.45) is 10.1 Å². The minimum atomic E-state index is -0.135. The van der Waals surface area contributed by atoms with Crippen LogP contribution in [0, 0.1) is 12.0 Å². The van der Waals surface area contributed by atoms with Crippen LogP contribution >= 0.6 is 27.5 Å². The zero-order valence-electron chi connectivity index (χ0n) is 5.83. The van der Waals surface area contributed by atoms with Crippen molar-refractivity contribution in [2.75, 3.05) is 0 Å². The highest BCUT2D eigenvalue weighted by molar-refractivity contribution is 9.09. The SMILES string of the molecule is ClC1=NN2C(=NC#CC2Br)C=C1. The lowest BCUT2D eigenvalue weighted by molar-refractivity contribution is 0.478. The summed E-state index contributed by atoms with van der Waals surface area (Å²) < 4.78 is 0. The second-order valence-corrected chi connectivity index (χ2v) is 3.42. The van der Waals surface area contributed by atoms with Gasteiger partial charge in [-0.1, -0.05) is 11.6 Å². The van der Waals surface area contributed by atoms with Gasteiger partial charge in [-0.25, -0.2) is 5.01 Å². The zero-order chi connectivity index (χ0) is 8.55. The van der Waals surface area contributed by atoms with Gasteiger partial charge in [0, 0.05) is 6.04 Å². The predicted molar refractivity (Wildman–Crippen MR) is 52.2 cm³/mol. The van der Waals surface area contributed by atoms with Crippen molar-refractivity contribution in [3.63, 3.8) is 0 Å². The number of hydrogen-bond acceptors (Lipinski definition) is 3. The Kier molecular flexibility index (Phi) is 1.91. The smallest absolute Gasteiger partial charge is 0.171 e. The molecule has 0 N–H and O–H groups in total. The van der Waals surface area contributed by atoms with Gasteiger partial charge in [0.05, 0.1) is 0 Å². The van der Waals surface area contributed by atoms with Crippen molar-refractivity contribution in [3.05, 3.63) is 12.2 Å². The summed E-state index contributed by atoms with van der Waals surface area (Å²) in [4.78, 5) is 3.80. The van der Waals surface area contributed by atoms with Gasteiger partial charge < -0.3 is 0 Å². The van der Waals surface area contributed by atoms with Crippen molar-refractivity contribution in [1.29, 1.82) is 0 Å². The second-order valence-electron chi connectivity index (χ2n) is 2.16. The maximum atomic E-state index is 5.70. The van der Waals surface area contributed by atoms with Crippen LogP contribution in [0.3, 0.4) is 0 Å². The van der Waals surface area contributed by atoms with E-state index in [1.165, 1.54) is 0 Å². The molecule has 0 aromatic heterocycles. The Bertz CT molecular complexity index is 361. The molecule has 2 heterocycles. The van der Waals surface area contributed by atoms with Gasteiger partial charge in [-0.15, -0.1) is 0 Å². The number of aliphatic imine (C=N–C) groups is 1. The van der Waals surface area contributed by atoms with Crippen LogP contribution in [0.5, 0.6) is 0 Å². The van der Waals surface area contributed by atoms with Crippen LogP contribution in [0.1, 0.15) is 0 Å². The van der Waals surface area contributed by atoms with Crippen molar-refractivity contribution < 1.29 is 0 Å². The van der Waals surface area contributed by atoms with Crippen LogP contribution in [-0.2, 0) is 0 Å². The molecule has 0 aliphatic carbocycles. The lowest BCUT2D eigenvalue weighted by Crippen LogP contribution is -2.34. The van der Waals surface area contributed by atoms with Crippen molar-refractivity contribution in [1.82, 2.24) is 5.01 Å². The first-order valence-corrected chi connectivity index (χ1v) is 4.50.